The highest BCUT2D eigenvalue weighted by Crippen LogP contribution is 2.34. The van der Waals surface area contributed by atoms with Gasteiger partial charge in [0.05, 0.1) is 19.1 Å². The van der Waals surface area contributed by atoms with E-state index in [1.807, 2.05) is 0 Å². The number of halogens is 3. The lowest BCUT2D eigenvalue weighted by molar-refractivity contribution is -0.183. The SMILES string of the molecule is O=C(c1ccnc(OC2CCOC2)c1)N1CCC(C(F)(F)F)CC1. The largest absolute Gasteiger partial charge is 0.472 e. The molecule has 0 radical (unpaired) electrons. The van der Waals surface area contributed by atoms with Crippen molar-refractivity contribution in [1.82, 2.24) is 9.88 Å². The average Bonchev–Trinajstić information content (AvgIpc) is 3.07. The highest BCUT2D eigenvalue weighted by atomic mass is 19.4. The first kappa shape index (κ1) is 17.0. The Morgan fingerprint density at radius 2 is 2.04 bits per heavy atom. The van der Waals surface area contributed by atoms with E-state index in [0.717, 1.165) is 6.42 Å². The Morgan fingerprint density at radius 1 is 1.29 bits per heavy atom. The lowest BCUT2D eigenvalue weighted by atomic mass is 9.96. The minimum atomic E-state index is -4.18. The fourth-order valence-electron chi connectivity index (χ4n) is 2.98. The van der Waals surface area contributed by atoms with Gasteiger partial charge in [0.25, 0.3) is 5.91 Å². The molecule has 1 aromatic rings. The third-order valence-corrected chi connectivity index (χ3v) is 4.40. The normalized spacial score (nSPS) is 22.6. The van der Waals surface area contributed by atoms with Crippen LogP contribution in [0.2, 0.25) is 0 Å². The van der Waals surface area contributed by atoms with Crippen LogP contribution >= 0.6 is 0 Å². The van der Waals surface area contributed by atoms with Crippen LogP contribution in [-0.4, -0.2) is 54.4 Å². The standard InChI is InChI=1S/C16H19F3N2O3/c17-16(18,19)12-2-6-21(7-3-12)15(22)11-1-5-20-14(9-11)24-13-4-8-23-10-13/h1,5,9,12-13H,2-4,6-8,10H2. The molecule has 3 rings (SSSR count). The summed E-state index contributed by atoms with van der Waals surface area (Å²) < 4.78 is 49.0. The topological polar surface area (TPSA) is 51.7 Å². The van der Waals surface area contributed by atoms with Gasteiger partial charge >= 0.3 is 6.18 Å². The van der Waals surface area contributed by atoms with E-state index < -0.39 is 12.1 Å². The van der Waals surface area contributed by atoms with Crippen LogP contribution in [0, 0.1) is 5.92 Å². The Kier molecular flexibility index (Phi) is 4.93. The van der Waals surface area contributed by atoms with E-state index in [1.165, 1.54) is 17.2 Å². The number of alkyl halides is 3. The molecule has 2 saturated heterocycles. The van der Waals surface area contributed by atoms with Crippen molar-refractivity contribution < 1.29 is 27.4 Å². The molecule has 1 amide bonds. The molecular weight excluding hydrogens is 325 g/mol. The molecule has 1 aromatic heterocycles. The van der Waals surface area contributed by atoms with Gasteiger partial charge in [-0.1, -0.05) is 0 Å². The smallest absolute Gasteiger partial charge is 0.391 e. The summed E-state index contributed by atoms with van der Waals surface area (Å²) in [6.45, 7) is 1.35. The van der Waals surface area contributed by atoms with E-state index in [0.29, 0.717) is 24.7 Å². The lowest BCUT2D eigenvalue weighted by Gasteiger charge is -2.33. The van der Waals surface area contributed by atoms with Crippen LogP contribution in [-0.2, 0) is 4.74 Å². The van der Waals surface area contributed by atoms with Crippen LogP contribution in [0.25, 0.3) is 0 Å². The number of pyridine rings is 1. The summed E-state index contributed by atoms with van der Waals surface area (Å²) in [5.74, 6) is -1.27. The van der Waals surface area contributed by atoms with Crippen molar-refractivity contribution in [1.29, 1.82) is 0 Å². The van der Waals surface area contributed by atoms with E-state index in [-0.39, 0.29) is 37.9 Å². The molecule has 24 heavy (non-hydrogen) atoms. The molecule has 0 aliphatic carbocycles. The Morgan fingerprint density at radius 3 is 2.67 bits per heavy atom. The van der Waals surface area contributed by atoms with Gasteiger partial charge in [0, 0.05) is 37.3 Å². The Bertz CT molecular complexity index is 580. The highest BCUT2D eigenvalue weighted by Gasteiger charge is 2.41. The summed E-state index contributed by atoms with van der Waals surface area (Å²) in [7, 11) is 0. The average molecular weight is 344 g/mol. The van der Waals surface area contributed by atoms with Crippen molar-refractivity contribution in [2.24, 2.45) is 5.92 Å². The van der Waals surface area contributed by atoms with E-state index in [1.54, 1.807) is 6.07 Å². The molecule has 2 aliphatic rings. The van der Waals surface area contributed by atoms with Crippen LogP contribution in [0.1, 0.15) is 29.6 Å². The molecule has 0 saturated carbocycles. The molecule has 0 spiro atoms. The number of carbonyl (C=O) groups is 1. The maximum Gasteiger partial charge on any atom is 0.391 e. The van der Waals surface area contributed by atoms with Crippen molar-refractivity contribution in [3.8, 4) is 5.88 Å². The fraction of sp³-hybridized carbons (Fsp3) is 0.625. The zero-order valence-electron chi connectivity index (χ0n) is 13.1. The number of aromatic nitrogens is 1. The van der Waals surface area contributed by atoms with Gasteiger partial charge in [0.1, 0.15) is 6.10 Å². The van der Waals surface area contributed by atoms with Crippen molar-refractivity contribution in [2.45, 2.75) is 31.5 Å². The van der Waals surface area contributed by atoms with Crippen LogP contribution in [0.3, 0.4) is 0 Å². The van der Waals surface area contributed by atoms with Gasteiger partial charge in [-0.3, -0.25) is 4.79 Å². The first-order chi connectivity index (χ1) is 11.4. The van der Waals surface area contributed by atoms with Crippen LogP contribution < -0.4 is 4.74 Å². The number of hydrogen-bond acceptors (Lipinski definition) is 4. The van der Waals surface area contributed by atoms with Crippen LogP contribution in [0.4, 0.5) is 13.2 Å². The summed E-state index contributed by atoms with van der Waals surface area (Å²) in [5.41, 5.74) is 0.379. The third kappa shape index (κ3) is 3.98. The molecule has 132 valence electrons. The zero-order chi connectivity index (χ0) is 17.2. The molecule has 2 aliphatic heterocycles. The molecule has 0 aromatic carbocycles. The maximum absolute atomic E-state index is 12.7. The Labute approximate surface area is 137 Å². The third-order valence-electron chi connectivity index (χ3n) is 4.40. The van der Waals surface area contributed by atoms with E-state index in [4.69, 9.17) is 9.47 Å². The predicted octanol–water partition coefficient (Wildman–Crippen LogP) is 2.66. The van der Waals surface area contributed by atoms with Crippen molar-refractivity contribution in [3.63, 3.8) is 0 Å². The minimum absolute atomic E-state index is 0.0525. The number of nitrogens with zero attached hydrogens (tertiary/aromatic N) is 2. The van der Waals surface area contributed by atoms with E-state index >= 15 is 0 Å². The molecule has 2 fully saturated rings. The van der Waals surface area contributed by atoms with Crippen molar-refractivity contribution in [2.75, 3.05) is 26.3 Å². The molecule has 1 atom stereocenters. The number of likely N-dealkylation sites (tertiary alicyclic amines) is 1. The second-order valence-corrected chi connectivity index (χ2v) is 6.09. The predicted molar refractivity (Wildman–Crippen MR) is 78.8 cm³/mol. The maximum atomic E-state index is 12.7. The molecule has 0 N–H and O–H groups in total. The van der Waals surface area contributed by atoms with Gasteiger partial charge in [0.2, 0.25) is 5.88 Å². The molecule has 8 heteroatoms. The summed E-state index contributed by atoms with van der Waals surface area (Å²) in [5, 5.41) is 0. The second-order valence-electron chi connectivity index (χ2n) is 6.09. The second kappa shape index (κ2) is 6.96. The highest BCUT2D eigenvalue weighted by molar-refractivity contribution is 5.94. The van der Waals surface area contributed by atoms with Gasteiger partial charge < -0.3 is 14.4 Å². The monoisotopic (exact) mass is 344 g/mol. The number of amides is 1. The fourth-order valence-corrected chi connectivity index (χ4v) is 2.98. The first-order valence-electron chi connectivity index (χ1n) is 8.00. The number of hydrogen-bond donors (Lipinski definition) is 0. The van der Waals surface area contributed by atoms with Crippen LogP contribution in [0.5, 0.6) is 5.88 Å². The molecule has 1 unspecified atom stereocenters. The Balaban J connectivity index is 1.61. The van der Waals surface area contributed by atoms with Crippen molar-refractivity contribution >= 4 is 5.91 Å². The summed E-state index contributed by atoms with van der Waals surface area (Å²) in [4.78, 5) is 18.0. The Hall–Kier alpha value is -1.83. The summed E-state index contributed by atoms with van der Waals surface area (Å²) in [6.07, 6.45) is -2.13. The minimum Gasteiger partial charge on any atom is -0.472 e. The van der Waals surface area contributed by atoms with E-state index in [2.05, 4.69) is 4.98 Å². The van der Waals surface area contributed by atoms with Gasteiger partial charge in [0.15, 0.2) is 0 Å². The van der Waals surface area contributed by atoms with Gasteiger partial charge in [-0.05, 0) is 18.9 Å². The molecule has 3 heterocycles. The lowest BCUT2D eigenvalue weighted by Crippen LogP contribution is -2.42. The quantitative estimate of drug-likeness (QED) is 0.846. The van der Waals surface area contributed by atoms with E-state index in [9.17, 15) is 18.0 Å². The number of rotatable bonds is 3. The number of ether oxygens (including phenoxy) is 2. The van der Waals surface area contributed by atoms with Crippen LogP contribution in [0.15, 0.2) is 18.3 Å². The summed E-state index contributed by atoms with van der Waals surface area (Å²) in [6, 6.07) is 3.09. The number of carbonyl (C=O) groups excluding carboxylic acids is 1. The molecule has 5 nitrogen and oxygen atoms in total. The molecular formula is C16H19F3N2O3. The molecule has 0 bridgehead atoms. The van der Waals surface area contributed by atoms with Gasteiger partial charge in [-0.2, -0.15) is 13.2 Å². The first-order valence-corrected chi connectivity index (χ1v) is 8.00. The van der Waals surface area contributed by atoms with Gasteiger partial charge in [-0.15, -0.1) is 0 Å². The van der Waals surface area contributed by atoms with Gasteiger partial charge in [-0.25, -0.2) is 4.98 Å². The number of piperidine rings is 1. The van der Waals surface area contributed by atoms with Crippen molar-refractivity contribution in [3.05, 3.63) is 23.9 Å². The zero-order valence-corrected chi connectivity index (χ0v) is 13.1. The summed E-state index contributed by atoms with van der Waals surface area (Å²) >= 11 is 0.